The van der Waals surface area contributed by atoms with E-state index >= 15 is 4.39 Å². The van der Waals surface area contributed by atoms with Gasteiger partial charge in [0.15, 0.2) is 0 Å². The topological polar surface area (TPSA) is 146 Å². The third-order valence-electron chi connectivity index (χ3n) is 10.1. The van der Waals surface area contributed by atoms with Crippen molar-refractivity contribution in [3.63, 3.8) is 0 Å². The van der Waals surface area contributed by atoms with Crippen LogP contribution in [0.25, 0.3) is 33.6 Å². The predicted molar refractivity (Wildman–Crippen MR) is 196 cm³/mol. The van der Waals surface area contributed by atoms with Gasteiger partial charge in [-0.2, -0.15) is 0 Å². The zero-order valence-corrected chi connectivity index (χ0v) is 30.6. The third-order valence-corrected chi connectivity index (χ3v) is 10.9. The molecule has 0 radical (unpaired) electrons. The minimum Gasteiger partial charge on any atom is -0.496 e. The SMILES string of the molecule is COc1cc(-c2nccc(-c3cccc(-c4ccc(CN(CC5CCC(=O)N5)C(=O)O)c(OC)n4)c3Cl)c2Cl)cc(F)c1CN1CC2(CNC(=O)C2)C1. The number of rotatable bonds is 11. The Labute approximate surface area is 315 Å². The Balaban J connectivity index is 1.13. The molecule has 3 amide bonds. The molecule has 12 nitrogen and oxygen atoms in total. The Morgan fingerprint density at radius 1 is 1.06 bits per heavy atom. The summed E-state index contributed by atoms with van der Waals surface area (Å²) in [7, 11) is 2.95. The average molecular weight is 764 g/mol. The molecule has 1 atom stereocenters. The number of carbonyl (C=O) groups is 3. The summed E-state index contributed by atoms with van der Waals surface area (Å²) in [5.74, 6) is 0.104. The molecule has 0 aliphatic carbocycles. The molecule has 5 heterocycles. The van der Waals surface area contributed by atoms with E-state index in [1.165, 1.54) is 25.2 Å². The summed E-state index contributed by atoms with van der Waals surface area (Å²) < 4.78 is 27.0. The van der Waals surface area contributed by atoms with Gasteiger partial charge in [0.05, 0.1) is 42.2 Å². The fourth-order valence-electron chi connectivity index (χ4n) is 7.50. The van der Waals surface area contributed by atoms with Gasteiger partial charge in [-0.25, -0.2) is 14.2 Å². The van der Waals surface area contributed by atoms with E-state index < -0.39 is 11.9 Å². The highest BCUT2D eigenvalue weighted by atomic mass is 35.5. The molecule has 3 fully saturated rings. The number of amides is 3. The van der Waals surface area contributed by atoms with Gasteiger partial charge in [0, 0.05) is 96.6 Å². The molecular formula is C38H37Cl2FN6O6. The van der Waals surface area contributed by atoms with Gasteiger partial charge in [0.2, 0.25) is 17.7 Å². The van der Waals surface area contributed by atoms with Crippen LogP contribution < -0.4 is 20.1 Å². The second kappa shape index (κ2) is 14.8. The first-order valence-corrected chi connectivity index (χ1v) is 17.8. The number of carboxylic acid groups (broad SMARTS) is 1. The molecule has 7 rings (SSSR count). The summed E-state index contributed by atoms with van der Waals surface area (Å²) in [6.07, 6.45) is 1.88. The first kappa shape index (κ1) is 36.4. The molecule has 3 aliphatic heterocycles. The second-order valence-corrected chi connectivity index (χ2v) is 14.5. The molecule has 3 N–H and O–H groups in total. The van der Waals surface area contributed by atoms with Crippen LogP contribution in [0, 0.1) is 11.2 Å². The molecule has 1 unspecified atom stereocenters. The number of aromatic nitrogens is 2. The lowest BCUT2D eigenvalue weighted by atomic mass is 9.79. The van der Waals surface area contributed by atoms with Crippen molar-refractivity contribution in [2.24, 2.45) is 5.41 Å². The van der Waals surface area contributed by atoms with Gasteiger partial charge in [-0.05, 0) is 36.8 Å². The molecule has 0 bridgehead atoms. The first-order valence-electron chi connectivity index (χ1n) is 17.1. The Morgan fingerprint density at radius 3 is 2.51 bits per heavy atom. The maximum Gasteiger partial charge on any atom is 0.407 e. The van der Waals surface area contributed by atoms with Gasteiger partial charge >= 0.3 is 6.09 Å². The van der Waals surface area contributed by atoms with Crippen molar-refractivity contribution in [3.05, 3.63) is 81.7 Å². The van der Waals surface area contributed by atoms with Crippen LogP contribution in [0.15, 0.2) is 54.7 Å². The summed E-state index contributed by atoms with van der Waals surface area (Å²) in [6, 6.07) is 13.5. The zero-order valence-electron chi connectivity index (χ0n) is 29.0. The maximum absolute atomic E-state index is 15.8. The molecule has 3 saturated heterocycles. The summed E-state index contributed by atoms with van der Waals surface area (Å²) in [5, 5.41) is 16.2. The van der Waals surface area contributed by atoms with Crippen LogP contribution >= 0.6 is 23.2 Å². The second-order valence-electron chi connectivity index (χ2n) is 13.8. The van der Waals surface area contributed by atoms with E-state index in [1.807, 2.05) is 12.1 Å². The number of nitrogens with one attached hydrogen (secondary N) is 2. The molecule has 4 aromatic rings. The molecule has 0 saturated carbocycles. The van der Waals surface area contributed by atoms with Gasteiger partial charge in [0.25, 0.3) is 0 Å². The number of pyridine rings is 2. The molecule has 276 valence electrons. The average Bonchev–Trinajstić information content (AvgIpc) is 3.73. The molecule has 53 heavy (non-hydrogen) atoms. The molecule has 2 aromatic carbocycles. The number of likely N-dealkylation sites (tertiary alicyclic amines) is 1. The van der Waals surface area contributed by atoms with Crippen molar-refractivity contribution in [2.45, 2.75) is 38.4 Å². The van der Waals surface area contributed by atoms with Crippen LogP contribution in [0.2, 0.25) is 10.0 Å². The Morgan fingerprint density at radius 2 is 1.83 bits per heavy atom. The number of nitrogens with zero attached hydrogens (tertiary/aromatic N) is 4. The molecule has 2 aromatic heterocycles. The van der Waals surface area contributed by atoms with Crippen LogP contribution in [-0.2, 0) is 22.7 Å². The van der Waals surface area contributed by atoms with E-state index in [2.05, 4.69) is 25.5 Å². The summed E-state index contributed by atoms with van der Waals surface area (Å²) in [5.41, 5.74) is 3.88. The van der Waals surface area contributed by atoms with Crippen molar-refractivity contribution in [2.75, 3.05) is 40.4 Å². The maximum atomic E-state index is 15.8. The van der Waals surface area contributed by atoms with Crippen LogP contribution in [0.5, 0.6) is 11.6 Å². The fraction of sp³-hybridized carbons (Fsp3) is 0.342. The molecular weight excluding hydrogens is 726 g/mol. The van der Waals surface area contributed by atoms with E-state index in [1.54, 1.807) is 36.5 Å². The lowest BCUT2D eigenvalue weighted by Gasteiger charge is -2.47. The van der Waals surface area contributed by atoms with E-state index in [9.17, 15) is 19.5 Å². The van der Waals surface area contributed by atoms with Crippen LogP contribution in [0.4, 0.5) is 9.18 Å². The van der Waals surface area contributed by atoms with E-state index in [4.69, 9.17) is 32.7 Å². The molecule has 3 aliphatic rings. The van der Waals surface area contributed by atoms with Crippen LogP contribution in [0.3, 0.4) is 0 Å². The fourth-order valence-corrected chi connectivity index (χ4v) is 8.15. The summed E-state index contributed by atoms with van der Waals surface area (Å²) in [4.78, 5) is 48.0. The number of carbonyl (C=O) groups excluding carboxylic acids is 2. The third kappa shape index (κ3) is 7.33. The smallest absolute Gasteiger partial charge is 0.407 e. The van der Waals surface area contributed by atoms with Crippen molar-refractivity contribution < 1.29 is 33.4 Å². The van der Waals surface area contributed by atoms with Crippen LogP contribution in [-0.4, -0.2) is 89.2 Å². The first-order chi connectivity index (χ1) is 25.5. The Hall–Kier alpha value is -4.98. The number of methoxy groups -OCH3 is 2. The van der Waals surface area contributed by atoms with Crippen molar-refractivity contribution in [1.29, 1.82) is 0 Å². The minimum atomic E-state index is -1.12. The van der Waals surface area contributed by atoms with Crippen molar-refractivity contribution in [1.82, 2.24) is 30.4 Å². The standard InChI is InChI=1S/C38H37Cl2FN6O6/c1-52-30-13-22(12-28(41)27(30)17-46-19-38(20-46)14-32(49)43-18-38)35-34(40)25(10-11-42-35)24-4-3-5-26(33(24)39)29-8-6-21(36(45-29)53-2)15-47(37(50)51)16-23-7-9-31(48)44-23/h3-6,8,10-13,23H,7,9,14-20H2,1-2H3,(H,43,49)(H,44,48)(H,50,51). The summed E-state index contributed by atoms with van der Waals surface area (Å²) >= 11 is 14.0. The highest BCUT2D eigenvalue weighted by Crippen LogP contribution is 2.43. The highest BCUT2D eigenvalue weighted by Gasteiger charge is 2.48. The lowest BCUT2D eigenvalue weighted by molar-refractivity contribution is -0.121. The number of ether oxygens (including phenoxy) is 2. The van der Waals surface area contributed by atoms with Gasteiger partial charge in [-0.3, -0.25) is 19.5 Å². The quantitative estimate of drug-likeness (QED) is 0.167. The normalized spacial score (nSPS) is 17.7. The largest absolute Gasteiger partial charge is 0.496 e. The van der Waals surface area contributed by atoms with Gasteiger partial charge in [0.1, 0.15) is 11.6 Å². The number of hydrogen-bond donors (Lipinski definition) is 3. The van der Waals surface area contributed by atoms with Crippen molar-refractivity contribution >= 4 is 41.1 Å². The highest BCUT2D eigenvalue weighted by molar-refractivity contribution is 6.39. The number of hydrogen-bond acceptors (Lipinski definition) is 8. The zero-order chi connectivity index (χ0) is 37.4. The number of benzene rings is 2. The van der Waals surface area contributed by atoms with E-state index in [0.29, 0.717) is 101 Å². The summed E-state index contributed by atoms with van der Waals surface area (Å²) in [6.45, 7) is 2.52. The van der Waals surface area contributed by atoms with Crippen molar-refractivity contribution in [3.8, 4) is 45.3 Å². The van der Waals surface area contributed by atoms with Gasteiger partial charge in [-0.1, -0.05) is 41.4 Å². The molecule has 15 heteroatoms. The van der Waals surface area contributed by atoms with E-state index in [-0.39, 0.29) is 47.3 Å². The predicted octanol–water partition coefficient (Wildman–Crippen LogP) is 6.02. The number of halogens is 3. The Bertz CT molecular complexity index is 2110. The van der Waals surface area contributed by atoms with Crippen LogP contribution in [0.1, 0.15) is 30.4 Å². The molecule has 1 spiro atoms. The van der Waals surface area contributed by atoms with Gasteiger partial charge in [-0.15, -0.1) is 0 Å². The van der Waals surface area contributed by atoms with E-state index in [0.717, 1.165) is 0 Å². The Kier molecular flexibility index (Phi) is 10.2. The minimum absolute atomic E-state index is 0.00647. The monoisotopic (exact) mass is 762 g/mol. The van der Waals surface area contributed by atoms with Gasteiger partial charge < -0.3 is 30.1 Å². The lowest BCUT2D eigenvalue weighted by Crippen LogP contribution is -2.56.